The Balaban J connectivity index is 3.01. The van der Waals surface area contributed by atoms with Crippen molar-refractivity contribution in [2.45, 2.75) is 97.9 Å². The molecular formula is C24H46N2O4. The highest BCUT2D eigenvalue weighted by molar-refractivity contribution is 5.78. The summed E-state index contributed by atoms with van der Waals surface area (Å²) in [6, 6.07) is -0.0121. The van der Waals surface area contributed by atoms with Gasteiger partial charge < -0.3 is 19.3 Å². The second kappa shape index (κ2) is 12.7. The smallest absolute Gasteiger partial charge is 0.225 e. The molecule has 1 aliphatic heterocycles. The number of methoxy groups -OCH3 is 2. The molecule has 2 amide bonds. The first kappa shape index (κ1) is 26.9. The Morgan fingerprint density at radius 3 is 2.17 bits per heavy atom. The van der Waals surface area contributed by atoms with E-state index in [4.69, 9.17) is 9.47 Å². The average molecular weight is 427 g/mol. The van der Waals surface area contributed by atoms with Gasteiger partial charge in [-0.25, -0.2) is 0 Å². The van der Waals surface area contributed by atoms with E-state index in [1.165, 1.54) is 0 Å². The van der Waals surface area contributed by atoms with Gasteiger partial charge >= 0.3 is 0 Å². The highest BCUT2D eigenvalue weighted by Crippen LogP contribution is 2.29. The molecule has 6 heteroatoms. The Kier molecular flexibility index (Phi) is 11.3. The standard InChI is InChI=1S/C24H46N2O4/c1-10-18(6)23(25(7)21(27)14-16(2)3)20(29-8)15-22(28)26-13-11-12-19(26)24(30-9)17(4)5/h16-20,23-24H,10-15H2,1-9H3/t18-,19?,20?,23-,24?/m0/s1. The monoisotopic (exact) mass is 426 g/mol. The number of carbonyl (C=O) groups is 2. The van der Waals surface area contributed by atoms with Gasteiger partial charge in [-0.15, -0.1) is 0 Å². The van der Waals surface area contributed by atoms with Crippen LogP contribution in [0.3, 0.4) is 0 Å². The predicted molar refractivity (Wildman–Crippen MR) is 121 cm³/mol. The van der Waals surface area contributed by atoms with Crippen molar-refractivity contribution in [2.24, 2.45) is 17.8 Å². The van der Waals surface area contributed by atoms with Crippen molar-refractivity contribution in [1.29, 1.82) is 0 Å². The van der Waals surface area contributed by atoms with E-state index >= 15 is 0 Å². The summed E-state index contributed by atoms with van der Waals surface area (Å²) >= 11 is 0. The molecule has 0 aromatic heterocycles. The van der Waals surface area contributed by atoms with E-state index in [1.54, 1.807) is 14.2 Å². The van der Waals surface area contributed by atoms with Gasteiger partial charge in [-0.05, 0) is 30.6 Å². The molecule has 0 aliphatic carbocycles. The molecule has 176 valence electrons. The lowest BCUT2D eigenvalue weighted by Crippen LogP contribution is -2.52. The Morgan fingerprint density at radius 2 is 1.70 bits per heavy atom. The number of nitrogens with zero attached hydrogens (tertiary/aromatic N) is 2. The Hall–Kier alpha value is -1.14. The third-order valence-electron chi connectivity index (χ3n) is 6.64. The number of carbonyl (C=O) groups excluding carboxylic acids is 2. The molecule has 0 N–H and O–H groups in total. The predicted octanol–water partition coefficient (Wildman–Crippen LogP) is 3.97. The Morgan fingerprint density at radius 1 is 1.07 bits per heavy atom. The molecule has 30 heavy (non-hydrogen) atoms. The fourth-order valence-corrected chi connectivity index (χ4v) is 4.85. The number of amides is 2. The van der Waals surface area contributed by atoms with Gasteiger partial charge in [0.25, 0.3) is 0 Å². The van der Waals surface area contributed by atoms with Crippen LogP contribution in [-0.2, 0) is 19.1 Å². The SMILES string of the molecule is CC[C@H](C)[C@@H](C(CC(=O)N1CCCC1C(OC)C(C)C)OC)N(C)C(=O)CC(C)C. The van der Waals surface area contributed by atoms with Gasteiger partial charge in [-0.2, -0.15) is 0 Å². The fraction of sp³-hybridized carbons (Fsp3) is 0.917. The summed E-state index contributed by atoms with van der Waals surface area (Å²) in [6.45, 7) is 13.4. The van der Waals surface area contributed by atoms with Crippen LogP contribution in [-0.4, -0.2) is 73.7 Å². The van der Waals surface area contributed by atoms with E-state index in [2.05, 4.69) is 41.5 Å². The molecule has 1 fully saturated rings. The van der Waals surface area contributed by atoms with Crippen molar-refractivity contribution in [1.82, 2.24) is 9.80 Å². The third kappa shape index (κ3) is 6.94. The summed E-state index contributed by atoms with van der Waals surface area (Å²) in [6.07, 6.45) is 3.41. The molecule has 1 saturated heterocycles. The van der Waals surface area contributed by atoms with Crippen molar-refractivity contribution in [3.63, 3.8) is 0 Å². The largest absolute Gasteiger partial charge is 0.379 e. The molecule has 6 nitrogen and oxygen atoms in total. The molecule has 0 aromatic carbocycles. The van der Waals surface area contributed by atoms with Crippen molar-refractivity contribution < 1.29 is 19.1 Å². The van der Waals surface area contributed by atoms with Crippen LogP contribution in [0.25, 0.3) is 0 Å². The lowest BCUT2D eigenvalue weighted by molar-refractivity contribution is -0.144. The van der Waals surface area contributed by atoms with Crippen LogP contribution in [0.1, 0.15) is 73.6 Å². The number of hydrogen-bond acceptors (Lipinski definition) is 4. The van der Waals surface area contributed by atoms with Gasteiger partial charge in [0.05, 0.1) is 30.7 Å². The summed E-state index contributed by atoms with van der Waals surface area (Å²) < 4.78 is 11.6. The van der Waals surface area contributed by atoms with Gasteiger partial charge in [0.1, 0.15) is 0 Å². The first-order valence-corrected chi connectivity index (χ1v) is 11.7. The van der Waals surface area contributed by atoms with E-state index in [0.29, 0.717) is 18.3 Å². The van der Waals surface area contributed by atoms with E-state index in [9.17, 15) is 9.59 Å². The lowest BCUT2D eigenvalue weighted by Gasteiger charge is -2.39. The van der Waals surface area contributed by atoms with Crippen LogP contribution < -0.4 is 0 Å². The van der Waals surface area contributed by atoms with Crippen molar-refractivity contribution in [3.8, 4) is 0 Å². The van der Waals surface area contributed by atoms with Crippen LogP contribution in [0.2, 0.25) is 0 Å². The summed E-state index contributed by atoms with van der Waals surface area (Å²) in [5.41, 5.74) is 0. The third-order valence-corrected chi connectivity index (χ3v) is 6.64. The van der Waals surface area contributed by atoms with Gasteiger partial charge in [0.2, 0.25) is 11.8 Å². The molecule has 0 saturated carbocycles. The van der Waals surface area contributed by atoms with Crippen molar-refractivity contribution in [2.75, 3.05) is 27.8 Å². The quantitative estimate of drug-likeness (QED) is 0.474. The van der Waals surface area contributed by atoms with Gasteiger partial charge in [0.15, 0.2) is 0 Å². The van der Waals surface area contributed by atoms with E-state index in [0.717, 1.165) is 25.8 Å². The average Bonchev–Trinajstić information content (AvgIpc) is 3.15. The molecule has 1 aliphatic rings. The Bertz CT molecular complexity index is 537. The zero-order chi connectivity index (χ0) is 23.0. The summed E-state index contributed by atoms with van der Waals surface area (Å²) in [7, 11) is 5.25. The maximum atomic E-state index is 13.3. The molecular weight excluding hydrogens is 380 g/mol. The number of likely N-dealkylation sites (tertiary alicyclic amines) is 1. The minimum absolute atomic E-state index is 0.0399. The fourth-order valence-electron chi connectivity index (χ4n) is 4.85. The summed E-state index contributed by atoms with van der Waals surface area (Å²) in [4.78, 5) is 29.9. The van der Waals surface area contributed by atoms with E-state index in [-0.39, 0.29) is 48.4 Å². The molecule has 0 bridgehead atoms. The molecule has 0 spiro atoms. The number of likely N-dealkylation sites (N-methyl/N-ethyl adjacent to an activating group) is 1. The molecule has 1 heterocycles. The minimum Gasteiger partial charge on any atom is -0.379 e. The van der Waals surface area contributed by atoms with Gasteiger partial charge in [0, 0.05) is 34.2 Å². The lowest BCUT2D eigenvalue weighted by atomic mass is 9.90. The van der Waals surface area contributed by atoms with Crippen molar-refractivity contribution >= 4 is 11.8 Å². The molecule has 0 aromatic rings. The normalized spacial score (nSPS) is 21.0. The summed E-state index contributed by atoms with van der Waals surface area (Å²) in [5, 5.41) is 0. The van der Waals surface area contributed by atoms with Crippen molar-refractivity contribution in [3.05, 3.63) is 0 Å². The summed E-state index contributed by atoms with van der Waals surface area (Å²) in [5.74, 6) is 1.10. The van der Waals surface area contributed by atoms with Crippen LogP contribution in [0.4, 0.5) is 0 Å². The zero-order valence-electron chi connectivity index (χ0n) is 20.8. The second-order valence-corrected chi connectivity index (χ2v) is 9.70. The first-order chi connectivity index (χ1) is 14.1. The first-order valence-electron chi connectivity index (χ1n) is 11.7. The topological polar surface area (TPSA) is 59.1 Å². The highest BCUT2D eigenvalue weighted by Gasteiger charge is 2.39. The molecule has 5 atom stereocenters. The van der Waals surface area contributed by atoms with Crippen LogP contribution in [0.15, 0.2) is 0 Å². The Labute approximate surface area is 184 Å². The highest BCUT2D eigenvalue weighted by atomic mass is 16.5. The van der Waals surface area contributed by atoms with E-state index in [1.807, 2.05) is 16.8 Å². The zero-order valence-corrected chi connectivity index (χ0v) is 20.8. The number of hydrogen-bond donors (Lipinski definition) is 0. The molecule has 1 rings (SSSR count). The number of rotatable bonds is 12. The van der Waals surface area contributed by atoms with Gasteiger partial charge in [-0.3, -0.25) is 9.59 Å². The molecule has 3 unspecified atom stereocenters. The number of ether oxygens (including phenoxy) is 2. The minimum atomic E-state index is -0.324. The van der Waals surface area contributed by atoms with Gasteiger partial charge in [-0.1, -0.05) is 48.0 Å². The second-order valence-electron chi connectivity index (χ2n) is 9.70. The van der Waals surface area contributed by atoms with Crippen LogP contribution in [0, 0.1) is 17.8 Å². The van der Waals surface area contributed by atoms with Crippen LogP contribution >= 0.6 is 0 Å². The maximum absolute atomic E-state index is 13.3. The maximum Gasteiger partial charge on any atom is 0.225 e. The molecule has 0 radical (unpaired) electrons. The van der Waals surface area contributed by atoms with E-state index < -0.39 is 0 Å². The van der Waals surface area contributed by atoms with Crippen LogP contribution in [0.5, 0.6) is 0 Å².